The summed E-state index contributed by atoms with van der Waals surface area (Å²) in [6.45, 7) is 3.91. The van der Waals surface area contributed by atoms with E-state index in [1.807, 2.05) is 18.3 Å². The number of nitrogens with two attached hydrogens (primary N) is 1. The van der Waals surface area contributed by atoms with Gasteiger partial charge in [0.15, 0.2) is 0 Å². The summed E-state index contributed by atoms with van der Waals surface area (Å²) in [5.74, 6) is 0.965. The van der Waals surface area contributed by atoms with Crippen molar-refractivity contribution < 1.29 is 4.74 Å². The summed E-state index contributed by atoms with van der Waals surface area (Å²) in [6.07, 6.45) is 4.16. The Labute approximate surface area is 113 Å². The lowest BCUT2D eigenvalue weighted by Gasteiger charge is -2.29. The number of benzene rings is 1. The Hall–Kier alpha value is -1.52. The lowest BCUT2D eigenvalue weighted by molar-refractivity contribution is 0.175. The van der Waals surface area contributed by atoms with Crippen molar-refractivity contribution in [2.75, 3.05) is 26.2 Å². The molecule has 1 fully saturated rings. The number of H-pyrrole nitrogens is 1. The van der Waals surface area contributed by atoms with Gasteiger partial charge in [0.2, 0.25) is 0 Å². The van der Waals surface area contributed by atoms with Crippen molar-refractivity contribution >= 4 is 10.9 Å². The van der Waals surface area contributed by atoms with Gasteiger partial charge < -0.3 is 15.5 Å². The summed E-state index contributed by atoms with van der Waals surface area (Å²) in [4.78, 5) is 5.63. The van der Waals surface area contributed by atoms with Gasteiger partial charge >= 0.3 is 0 Å². The fourth-order valence-electron chi connectivity index (χ4n) is 2.64. The Bertz CT molecular complexity index is 529. The van der Waals surface area contributed by atoms with E-state index in [0.717, 1.165) is 55.7 Å². The molecule has 0 radical (unpaired) electrons. The zero-order valence-electron chi connectivity index (χ0n) is 11.1. The SMILES string of the molecule is NC1CCN(CCOc2cccc3[nH]ccc23)CC1. The van der Waals surface area contributed by atoms with Gasteiger partial charge in [0.25, 0.3) is 0 Å². The van der Waals surface area contributed by atoms with Gasteiger partial charge in [-0.05, 0) is 44.1 Å². The van der Waals surface area contributed by atoms with E-state index in [1.165, 1.54) is 0 Å². The largest absolute Gasteiger partial charge is 0.492 e. The second-order valence-corrected chi connectivity index (χ2v) is 5.22. The fraction of sp³-hybridized carbons (Fsp3) is 0.467. The molecule has 0 bridgehead atoms. The van der Waals surface area contributed by atoms with Crippen molar-refractivity contribution in [2.45, 2.75) is 18.9 Å². The maximum absolute atomic E-state index is 5.91. The number of fused-ring (bicyclic) bond motifs is 1. The summed E-state index contributed by atoms with van der Waals surface area (Å²) in [5, 5.41) is 1.16. The fourth-order valence-corrected chi connectivity index (χ4v) is 2.64. The third-order valence-corrected chi connectivity index (χ3v) is 3.85. The molecule has 4 nitrogen and oxygen atoms in total. The molecule has 0 aliphatic carbocycles. The molecule has 0 unspecified atom stereocenters. The number of nitrogens with one attached hydrogen (secondary N) is 1. The number of nitrogens with zero attached hydrogens (tertiary/aromatic N) is 1. The molecule has 3 N–H and O–H groups in total. The number of ether oxygens (including phenoxy) is 1. The third-order valence-electron chi connectivity index (χ3n) is 3.85. The van der Waals surface area contributed by atoms with Crippen molar-refractivity contribution in [2.24, 2.45) is 5.73 Å². The molecule has 1 aliphatic heterocycles. The van der Waals surface area contributed by atoms with E-state index in [4.69, 9.17) is 10.5 Å². The summed E-state index contributed by atoms with van der Waals surface area (Å²) in [5.41, 5.74) is 7.03. The van der Waals surface area contributed by atoms with Crippen molar-refractivity contribution in [3.63, 3.8) is 0 Å². The number of piperidine rings is 1. The van der Waals surface area contributed by atoms with E-state index in [-0.39, 0.29) is 0 Å². The van der Waals surface area contributed by atoms with Crippen LogP contribution in [0, 0.1) is 0 Å². The van der Waals surface area contributed by atoms with Crippen LogP contribution in [0.15, 0.2) is 30.5 Å². The Balaban J connectivity index is 1.53. The smallest absolute Gasteiger partial charge is 0.128 e. The maximum atomic E-state index is 5.91. The van der Waals surface area contributed by atoms with Gasteiger partial charge in [0, 0.05) is 29.7 Å². The Morgan fingerprint density at radius 3 is 2.95 bits per heavy atom. The number of aromatic nitrogens is 1. The molecule has 0 spiro atoms. The molecular weight excluding hydrogens is 238 g/mol. The van der Waals surface area contributed by atoms with Gasteiger partial charge in [-0.15, -0.1) is 0 Å². The standard InChI is InChI=1S/C15H21N3O/c16-12-5-8-18(9-6-12)10-11-19-15-3-1-2-14-13(15)4-7-17-14/h1-4,7,12,17H,5-6,8-11,16H2. The summed E-state index contributed by atoms with van der Waals surface area (Å²) in [7, 11) is 0. The molecule has 2 heterocycles. The molecule has 3 rings (SSSR count). The number of likely N-dealkylation sites (tertiary alicyclic amines) is 1. The van der Waals surface area contributed by atoms with Gasteiger partial charge in [0.1, 0.15) is 12.4 Å². The second kappa shape index (κ2) is 5.63. The first-order chi connectivity index (χ1) is 9.33. The minimum absolute atomic E-state index is 0.394. The molecule has 19 heavy (non-hydrogen) atoms. The van der Waals surface area contributed by atoms with E-state index >= 15 is 0 Å². The van der Waals surface area contributed by atoms with Crippen LogP contribution in [0.1, 0.15) is 12.8 Å². The van der Waals surface area contributed by atoms with E-state index < -0.39 is 0 Å². The first-order valence-corrected chi connectivity index (χ1v) is 7.00. The third kappa shape index (κ3) is 2.91. The monoisotopic (exact) mass is 259 g/mol. The van der Waals surface area contributed by atoms with Gasteiger partial charge in [-0.2, -0.15) is 0 Å². The zero-order chi connectivity index (χ0) is 13.1. The topological polar surface area (TPSA) is 54.3 Å². The Morgan fingerprint density at radius 1 is 1.26 bits per heavy atom. The Morgan fingerprint density at radius 2 is 2.11 bits per heavy atom. The molecule has 2 aromatic rings. The summed E-state index contributed by atoms with van der Waals surface area (Å²) >= 11 is 0. The lowest BCUT2D eigenvalue weighted by Crippen LogP contribution is -2.41. The normalized spacial score (nSPS) is 17.9. The zero-order valence-corrected chi connectivity index (χ0v) is 11.1. The van der Waals surface area contributed by atoms with Crippen LogP contribution in [0.25, 0.3) is 10.9 Å². The van der Waals surface area contributed by atoms with Crippen LogP contribution in [0.3, 0.4) is 0 Å². The molecular formula is C15H21N3O. The van der Waals surface area contributed by atoms with Crippen LogP contribution < -0.4 is 10.5 Å². The van der Waals surface area contributed by atoms with Gasteiger partial charge in [0.05, 0.1) is 0 Å². The van der Waals surface area contributed by atoms with Gasteiger partial charge in [-0.25, -0.2) is 0 Å². The molecule has 1 aromatic carbocycles. The number of hydrogen-bond acceptors (Lipinski definition) is 3. The first-order valence-electron chi connectivity index (χ1n) is 7.00. The highest BCUT2D eigenvalue weighted by molar-refractivity contribution is 5.85. The summed E-state index contributed by atoms with van der Waals surface area (Å²) < 4.78 is 5.91. The van der Waals surface area contributed by atoms with Crippen LogP contribution >= 0.6 is 0 Å². The van der Waals surface area contributed by atoms with Crippen molar-refractivity contribution in [3.05, 3.63) is 30.5 Å². The minimum Gasteiger partial charge on any atom is -0.492 e. The van der Waals surface area contributed by atoms with Crippen LogP contribution in [0.4, 0.5) is 0 Å². The molecule has 0 saturated carbocycles. The van der Waals surface area contributed by atoms with Crippen molar-refractivity contribution in [1.29, 1.82) is 0 Å². The second-order valence-electron chi connectivity index (χ2n) is 5.22. The first kappa shape index (κ1) is 12.5. The highest BCUT2D eigenvalue weighted by Crippen LogP contribution is 2.24. The van der Waals surface area contributed by atoms with E-state index in [0.29, 0.717) is 6.04 Å². The van der Waals surface area contributed by atoms with Gasteiger partial charge in [-0.1, -0.05) is 6.07 Å². The Kier molecular flexibility index (Phi) is 3.71. The number of rotatable bonds is 4. The van der Waals surface area contributed by atoms with Crippen LogP contribution in [-0.2, 0) is 0 Å². The average Bonchev–Trinajstić information content (AvgIpc) is 2.90. The molecule has 4 heteroatoms. The quantitative estimate of drug-likeness (QED) is 0.882. The van der Waals surface area contributed by atoms with Crippen LogP contribution in [0.2, 0.25) is 0 Å². The highest BCUT2D eigenvalue weighted by Gasteiger charge is 2.15. The number of aromatic amines is 1. The van der Waals surface area contributed by atoms with Crippen LogP contribution in [0.5, 0.6) is 5.75 Å². The van der Waals surface area contributed by atoms with E-state index in [1.54, 1.807) is 0 Å². The minimum atomic E-state index is 0.394. The van der Waals surface area contributed by atoms with Crippen molar-refractivity contribution in [1.82, 2.24) is 9.88 Å². The van der Waals surface area contributed by atoms with Gasteiger partial charge in [-0.3, -0.25) is 4.90 Å². The molecule has 0 amide bonds. The summed E-state index contributed by atoms with van der Waals surface area (Å²) in [6, 6.07) is 8.57. The maximum Gasteiger partial charge on any atom is 0.128 e. The van der Waals surface area contributed by atoms with Crippen LogP contribution in [-0.4, -0.2) is 42.2 Å². The molecule has 102 valence electrons. The number of hydrogen-bond donors (Lipinski definition) is 2. The predicted molar refractivity (Wildman–Crippen MR) is 77.4 cm³/mol. The van der Waals surface area contributed by atoms with E-state index in [9.17, 15) is 0 Å². The van der Waals surface area contributed by atoms with Crippen molar-refractivity contribution in [3.8, 4) is 5.75 Å². The molecule has 1 aliphatic rings. The predicted octanol–water partition coefficient (Wildman–Crippen LogP) is 1.97. The molecule has 1 saturated heterocycles. The average molecular weight is 259 g/mol. The molecule has 1 aromatic heterocycles. The highest BCUT2D eigenvalue weighted by atomic mass is 16.5. The lowest BCUT2D eigenvalue weighted by atomic mass is 10.1. The van der Waals surface area contributed by atoms with E-state index in [2.05, 4.69) is 22.0 Å². The molecule has 0 atom stereocenters.